The van der Waals surface area contributed by atoms with E-state index >= 15 is 0 Å². The van der Waals surface area contributed by atoms with Crippen LogP contribution in [0.25, 0.3) is 0 Å². The highest BCUT2D eigenvalue weighted by atomic mass is 127. The average molecular weight is 399 g/mol. The van der Waals surface area contributed by atoms with Gasteiger partial charge >= 0.3 is 0 Å². The maximum atomic E-state index is 6.21. The first kappa shape index (κ1) is 17.1. The normalized spacial score (nSPS) is 11.9. The van der Waals surface area contributed by atoms with Crippen molar-refractivity contribution >= 4 is 34.2 Å². The fourth-order valence-corrected chi connectivity index (χ4v) is 2.60. The summed E-state index contributed by atoms with van der Waals surface area (Å²) in [6, 6.07) is 0. The molecule has 0 atom stereocenters. The van der Waals surface area contributed by atoms with E-state index in [9.17, 15) is 0 Å². The maximum absolute atomic E-state index is 6.21. The van der Waals surface area contributed by atoms with Gasteiger partial charge in [-0.3, -0.25) is 0 Å². The van der Waals surface area contributed by atoms with E-state index in [0.717, 1.165) is 22.1 Å². The molecule has 0 aromatic carbocycles. The van der Waals surface area contributed by atoms with E-state index in [1.165, 1.54) is 0 Å². The molecule has 0 unspecified atom stereocenters. The number of hydrogen-bond acceptors (Lipinski definition) is 4. The Hall–Kier alpha value is 0.0200. The van der Waals surface area contributed by atoms with Gasteiger partial charge in [-0.15, -0.1) is 0 Å². The van der Waals surface area contributed by atoms with Crippen LogP contribution in [-0.4, -0.2) is 23.7 Å². The van der Waals surface area contributed by atoms with E-state index in [2.05, 4.69) is 46.4 Å². The maximum Gasteiger partial charge on any atom is 0.162 e. The van der Waals surface area contributed by atoms with Gasteiger partial charge in [-0.2, -0.15) is 0 Å². The van der Waals surface area contributed by atoms with Crippen molar-refractivity contribution in [3.05, 3.63) is 20.2 Å². The summed E-state index contributed by atoms with van der Waals surface area (Å²) in [6.07, 6.45) is 1.61. The third-order valence-electron chi connectivity index (χ3n) is 3.13. The molecule has 19 heavy (non-hydrogen) atoms. The second-order valence-electron chi connectivity index (χ2n) is 4.17. The molecular formula is C13H20ClIN2O2. The molecule has 4 nitrogen and oxygen atoms in total. The van der Waals surface area contributed by atoms with E-state index in [1.807, 2.05) is 6.92 Å². The molecule has 6 heteroatoms. The summed E-state index contributed by atoms with van der Waals surface area (Å²) < 4.78 is 11.9. The topological polar surface area (TPSA) is 44.2 Å². The molecule has 0 saturated heterocycles. The van der Waals surface area contributed by atoms with Crippen LogP contribution in [0, 0.1) is 3.57 Å². The first-order chi connectivity index (χ1) is 9.04. The second-order valence-corrected chi connectivity index (χ2v) is 5.60. The summed E-state index contributed by atoms with van der Waals surface area (Å²) in [5, 5.41) is 0.462. The molecule has 1 heterocycles. The van der Waals surface area contributed by atoms with Gasteiger partial charge in [0.2, 0.25) is 0 Å². The van der Waals surface area contributed by atoms with Gasteiger partial charge in [0.15, 0.2) is 5.82 Å². The molecule has 0 aliphatic carbocycles. The molecule has 0 aliphatic heterocycles. The number of nitrogens with zero attached hydrogens (tertiary/aromatic N) is 2. The van der Waals surface area contributed by atoms with Crippen molar-refractivity contribution in [2.24, 2.45) is 0 Å². The number of hydrogen-bond donors (Lipinski definition) is 0. The molecule has 0 radical (unpaired) electrons. The summed E-state index contributed by atoms with van der Waals surface area (Å²) in [5.74, 6) is 0.650. The van der Waals surface area contributed by atoms with Crippen LogP contribution in [0.2, 0.25) is 5.15 Å². The zero-order chi connectivity index (χ0) is 14.5. The molecule has 1 rings (SSSR count). The van der Waals surface area contributed by atoms with Crippen LogP contribution in [0.3, 0.4) is 0 Å². The minimum atomic E-state index is -0.467. The van der Waals surface area contributed by atoms with Crippen LogP contribution in [0.4, 0.5) is 0 Å². The molecule has 0 saturated carbocycles. The Balaban J connectivity index is 3.31. The Bertz CT molecular complexity index is 425. The van der Waals surface area contributed by atoms with Crippen molar-refractivity contribution in [2.75, 3.05) is 13.7 Å². The number of methoxy groups -OCH3 is 1. The third-order valence-corrected chi connectivity index (χ3v) is 4.86. The van der Waals surface area contributed by atoms with E-state index in [1.54, 1.807) is 7.11 Å². The van der Waals surface area contributed by atoms with Gasteiger partial charge in [-0.05, 0) is 42.4 Å². The lowest BCUT2D eigenvalue weighted by atomic mass is 9.96. The van der Waals surface area contributed by atoms with Crippen molar-refractivity contribution in [1.29, 1.82) is 0 Å². The fraction of sp³-hybridized carbons (Fsp3) is 0.692. The van der Waals surface area contributed by atoms with Crippen LogP contribution in [-0.2, 0) is 21.7 Å². The number of aromatic nitrogens is 2. The summed E-state index contributed by atoms with van der Waals surface area (Å²) in [6.45, 7) is 7.16. The van der Waals surface area contributed by atoms with Crippen LogP contribution in [0.15, 0.2) is 0 Å². The SMILES string of the molecule is CCOC(CC)(CC)c1nc(Cl)c(I)c(COC)n1. The van der Waals surface area contributed by atoms with Gasteiger partial charge in [0.1, 0.15) is 10.8 Å². The van der Waals surface area contributed by atoms with Crippen LogP contribution in [0.5, 0.6) is 0 Å². The molecule has 108 valence electrons. The predicted molar refractivity (Wildman–Crippen MR) is 84.4 cm³/mol. The molecule has 1 aromatic rings. The van der Waals surface area contributed by atoms with Gasteiger partial charge in [0.25, 0.3) is 0 Å². The van der Waals surface area contributed by atoms with Crippen LogP contribution in [0.1, 0.15) is 45.1 Å². The summed E-state index contributed by atoms with van der Waals surface area (Å²) in [4.78, 5) is 9.02. The Morgan fingerprint density at radius 1 is 1.21 bits per heavy atom. The van der Waals surface area contributed by atoms with Crippen molar-refractivity contribution in [1.82, 2.24) is 9.97 Å². The molecule has 0 amide bonds. The first-order valence-corrected chi connectivity index (χ1v) is 7.85. The van der Waals surface area contributed by atoms with Gasteiger partial charge < -0.3 is 9.47 Å². The summed E-state index contributed by atoms with van der Waals surface area (Å²) in [7, 11) is 1.64. The Kier molecular flexibility index (Phi) is 6.93. The van der Waals surface area contributed by atoms with Crippen LogP contribution >= 0.6 is 34.2 Å². The van der Waals surface area contributed by atoms with Gasteiger partial charge in [0, 0.05) is 13.7 Å². The molecule has 0 spiro atoms. The van der Waals surface area contributed by atoms with E-state index < -0.39 is 5.60 Å². The third kappa shape index (κ3) is 3.77. The summed E-state index contributed by atoms with van der Waals surface area (Å²) >= 11 is 8.35. The number of ether oxygens (including phenoxy) is 2. The smallest absolute Gasteiger partial charge is 0.162 e. The van der Waals surface area contributed by atoms with E-state index in [4.69, 9.17) is 21.1 Å². The highest BCUT2D eigenvalue weighted by Gasteiger charge is 2.33. The molecule has 0 N–H and O–H groups in total. The van der Waals surface area contributed by atoms with Gasteiger partial charge in [-0.25, -0.2) is 9.97 Å². The highest BCUT2D eigenvalue weighted by Crippen LogP contribution is 2.33. The van der Waals surface area contributed by atoms with Crippen LogP contribution < -0.4 is 0 Å². The molecular weight excluding hydrogens is 379 g/mol. The van der Waals surface area contributed by atoms with E-state index in [-0.39, 0.29) is 0 Å². The Labute approximate surface area is 133 Å². The fourth-order valence-electron chi connectivity index (χ4n) is 2.01. The minimum absolute atomic E-state index is 0.420. The molecule has 0 aliphatic rings. The van der Waals surface area contributed by atoms with Crippen molar-refractivity contribution in [2.45, 2.75) is 45.8 Å². The predicted octanol–water partition coefficient (Wildman–Crippen LogP) is 3.93. The monoisotopic (exact) mass is 398 g/mol. The highest BCUT2D eigenvalue weighted by molar-refractivity contribution is 14.1. The van der Waals surface area contributed by atoms with E-state index in [0.29, 0.717) is 24.2 Å². The number of rotatable bonds is 7. The van der Waals surface area contributed by atoms with Crippen molar-refractivity contribution in [3.63, 3.8) is 0 Å². The second kappa shape index (κ2) is 7.71. The van der Waals surface area contributed by atoms with Crippen molar-refractivity contribution < 1.29 is 9.47 Å². The quantitative estimate of drug-likeness (QED) is 0.515. The largest absolute Gasteiger partial charge is 0.378 e. The standard InChI is InChI=1S/C13H20ClIN2O2/c1-5-13(6-2,19-7-3)12-16-9(8-18-4)10(15)11(14)17-12/h5-8H2,1-4H3. The minimum Gasteiger partial charge on any atom is -0.378 e. The van der Waals surface area contributed by atoms with Crippen molar-refractivity contribution in [3.8, 4) is 0 Å². The number of halogens is 2. The lowest BCUT2D eigenvalue weighted by Crippen LogP contribution is -2.31. The first-order valence-electron chi connectivity index (χ1n) is 6.39. The van der Waals surface area contributed by atoms with Gasteiger partial charge in [0.05, 0.1) is 15.9 Å². The zero-order valence-electron chi connectivity index (χ0n) is 11.8. The average Bonchev–Trinajstić information content (AvgIpc) is 2.41. The summed E-state index contributed by atoms with van der Waals surface area (Å²) in [5.41, 5.74) is 0.342. The lowest BCUT2D eigenvalue weighted by Gasteiger charge is -2.30. The molecule has 0 fully saturated rings. The Morgan fingerprint density at radius 3 is 2.32 bits per heavy atom. The molecule has 0 bridgehead atoms. The Morgan fingerprint density at radius 2 is 1.84 bits per heavy atom. The van der Waals surface area contributed by atoms with Gasteiger partial charge in [-0.1, -0.05) is 25.4 Å². The molecule has 1 aromatic heterocycles. The lowest BCUT2D eigenvalue weighted by molar-refractivity contribution is -0.0574. The zero-order valence-corrected chi connectivity index (χ0v) is 14.7.